The van der Waals surface area contributed by atoms with Crippen LogP contribution in [0.1, 0.15) is 5.69 Å². The highest BCUT2D eigenvalue weighted by molar-refractivity contribution is 6.42. The lowest BCUT2D eigenvalue weighted by molar-refractivity contribution is 0.459. The Bertz CT molecular complexity index is 967. The van der Waals surface area contributed by atoms with Crippen molar-refractivity contribution in [3.63, 3.8) is 0 Å². The largest absolute Gasteiger partial charge is 0.437 e. The number of hydrogen-bond donors (Lipinski definition) is 2. The molecule has 0 unspecified atom stereocenters. The van der Waals surface area contributed by atoms with Gasteiger partial charge in [-0.05, 0) is 37.3 Å². The number of halogens is 2. The molecule has 0 amide bonds. The van der Waals surface area contributed by atoms with Gasteiger partial charge in [-0.15, -0.1) is 0 Å². The highest BCUT2D eigenvalue weighted by Gasteiger charge is 2.14. The van der Waals surface area contributed by atoms with Crippen LogP contribution in [0.2, 0.25) is 10.0 Å². The molecule has 27 heavy (non-hydrogen) atoms. The zero-order valence-electron chi connectivity index (χ0n) is 14.6. The topological polar surface area (TPSA) is 87.0 Å². The molecule has 0 atom stereocenters. The van der Waals surface area contributed by atoms with Crippen molar-refractivity contribution in [2.75, 3.05) is 17.3 Å². The molecule has 3 aromatic rings. The summed E-state index contributed by atoms with van der Waals surface area (Å²) in [6, 6.07) is 10.3. The number of aryl methyl sites for hydroxylation is 1. The van der Waals surface area contributed by atoms with Gasteiger partial charge in [0.25, 0.3) is 0 Å². The molecular weight excluding hydrogens is 387 g/mol. The van der Waals surface area contributed by atoms with Crippen LogP contribution in [0.4, 0.5) is 11.6 Å². The van der Waals surface area contributed by atoms with Crippen LogP contribution in [0, 0.1) is 12.3 Å². The molecule has 0 spiro atoms. The van der Waals surface area contributed by atoms with Crippen LogP contribution in [0.5, 0.6) is 11.6 Å². The second-order valence-corrected chi connectivity index (χ2v) is 6.41. The average Bonchev–Trinajstić information content (AvgIpc) is 2.64. The third kappa shape index (κ3) is 4.84. The molecule has 7 nitrogen and oxygen atoms in total. The molecule has 1 aromatic carbocycles. The van der Waals surface area contributed by atoms with E-state index in [-0.39, 0.29) is 5.96 Å². The first-order chi connectivity index (χ1) is 12.9. The molecule has 0 saturated carbocycles. The van der Waals surface area contributed by atoms with E-state index in [0.717, 1.165) is 0 Å². The monoisotopic (exact) mass is 402 g/mol. The summed E-state index contributed by atoms with van der Waals surface area (Å²) in [4.78, 5) is 14.2. The van der Waals surface area contributed by atoms with Crippen molar-refractivity contribution in [2.45, 2.75) is 6.92 Å². The minimum Gasteiger partial charge on any atom is -0.437 e. The van der Waals surface area contributed by atoms with Gasteiger partial charge in [-0.1, -0.05) is 23.2 Å². The number of aromatic nitrogens is 3. The van der Waals surface area contributed by atoms with Crippen molar-refractivity contribution in [2.24, 2.45) is 0 Å². The second-order valence-electron chi connectivity index (χ2n) is 5.60. The molecule has 0 fully saturated rings. The minimum atomic E-state index is 0.0614. The fourth-order valence-electron chi connectivity index (χ4n) is 2.15. The van der Waals surface area contributed by atoms with E-state index in [0.29, 0.717) is 39.0 Å². The zero-order chi connectivity index (χ0) is 19.4. The Labute approximate surface area is 166 Å². The van der Waals surface area contributed by atoms with Gasteiger partial charge in [0, 0.05) is 30.7 Å². The summed E-state index contributed by atoms with van der Waals surface area (Å²) >= 11 is 11.9. The first kappa shape index (κ1) is 18.9. The third-order valence-electron chi connectivity index (χ3n) is 3.49. The maximum Gasteiger partial charge on any atom is 0.235 e. The van der Waals surface area contributed by atoms with Crippen LogP contribution in [0.15, 0.2) is 48.8 Å². The molecule has 0 radical (unpaired) electrons. The number of rotatable bonds is 4. The minimum absolute atomic E-state index is 0.0614. The van der Waals surface area contributed by atoms with E-state index in [2.05, 4.69) is 20.3 Å². The van der Waals surface area contributed by atoms with Gasteiger partial charge in [0.1, 0.15) is 5.75 Å². The van der Waals surface area contributed by atoms with Crippen molar-refractivity contribution in [3.05, 3.63) is 64.5 Å². The highest BCUT2D eigenvalue weighted by Crippen LogP contribution is 2.25. The molecule has 2 aromatic heterocycles. The maximum absolute atomic E-state index is 8.26. The summed E-state index contributed by atoms with van der Waals surface area (Å²) in [6.45, 7) is 1.82. The number of pyridine rings is 1. The molecule has 3 rings (SSSR count). The maximum atomic E-state index is 8.26. The summed E-state index contributed by atoms with van der Waals surface area (Å²) in [6.07, 6.45) is 3.25. The summed E-state index contributed by atoms with van der Waals surface area (Å²) in [5.74, 6) is 1.30. The van der Waals surface area contributed by atoms with Gasteiger partial charge in [0.05, 0.1) is 16.2 Å². The summed E-state index contributed by atoms with van der Waals surface area (Å²) in [7, 11) is 1.68. The van der Waals surface area contributed by atoms with E-state index in [1.54, 1.807) is 55.8 Å². The average molecular weight is 403 g/mol. The molecule has 2 heterocycles. The first-order valence-electron chi connectivity index (χ1n) is 7.90. The highest BCUT2D eigenvalue weighted by atomic mass is 35.5. The van der Waals surface area contributed by atoms with Crippen LogP contribution in [-0.4, -0.2) is 28.0 Å². The van der Waals surface area contributed by atoms with Gasteiger partial charge in [-0.2, -0.15) is 4.98 Å². The number of anilines is 2. The lowest BCUT2D eigenvalue weighted by Crippen LogP contribution is -2.33. The van der Waals surface area contributed by atoms with Gasteiger partial charge in [-0.3, -0.25) is 15.3 Å². The third-order valence-corrected chi connectivity index (χ3v) is 4.23. The zero-order valence-corrected chi connectivity index (χ0v) is 16.1. The van der Waals surface area contributed by atoms with Crippen molar-refractivity contribution in [1.29, 1.82) is 5.41 Å². The number of benzene rings is 1. The fraction of sp³-hybridized carbons (Fsp3) is 0.111. The van der Waals surface area contributed by atoms with Gasteiger partial charge in [0.2, 0.25) is 17.8 Å². The van der Waals surface area contributed by atoms with E-state index < -0.39 is 0 Å². The number of nitrogens with zero attached hydrogens (tertiary/aromatic N) is 4. The molecule has 2 N–H and O–H groups in total. The van der Waals surface area contributed by atoms with Gasteiger partial charge in [0.15, 0.2) is 0 Å². The van der Waals surface area contributed by atoms with Crippen molar-refractivity contribution >= 4 is 40.8 Å². The van der Waals surface area contributed by atoms with Gasteiger partial charge < -0.3 is 10.1 Å². The van der Waals surface area contributed by atoms with Crippen LogP contribution in [0.25, 0.3) is 0 Å². The van der Waals surface area contributed by atoms with Crippen LogP contribution in [-0.2, 0) is 0 Å². The Morgan fingerprint density at radius 2 is 1.96 bits per heavy atom. The molecule has 0 saturated heterocycles. The van der Waals surface area contributed by atoms with E-state index >= 15 is 0 Å². The quantitative estimate of drug-likeness (QED) is 0.482. The van der Waals surface area contributed by atoms with Gasteiger partial charge >= 0.3 is 0 Å². The molecule has 0 aliphatic carbocycles. The summed E-state index contributed by atoms with van der Waals surface area (Å²) in [5.41, 5.74) is 1.33. The Morgan fingerprint density at radius 1 is 1.15 bits per heavy atom. The molecule has 0 aliphatic heterocycles. The van der Waals surface area contributed by atoms with E-state index in [1.165, 1.54) is 4.90 Å². The predicted octanol–water partition coefficient (Wildman–Crippen LogP) is 4.76. The number of ether oxygens (including phenoxy) is 1. The van der Waals surface area contributed by atoms with Crippen molar-refractivity contribution < 1.29 is 4.74 Å². The lowest BCUT2D eigenvalue weighted by atomic mass is 10.3. The van der Waals surface area contributed by atoms with Crippen molar-refractivity contribution in [3.8, 4) is 11.6 Å². The summed E-state index contributed by atoms with van der Waals surface area (Å²) < 4.78 is 5.71. The lowest BCUT2D eigenvalue weighted by Gasteiger charge is -2.20. The van der Waals surface area contributed by atoms with Crippen molar-refractivity contribution in [1.82, 2.24) is 15.0 Å². The molecule has 0 bridgehead atoms. The Kier molecular flexibility index (Phi) is 5.73. The fourth-order valence-corrected chi connectivity index (χ4v) is 2.45. The van der Waals surface area contributed by atoms with Crippen LogP contribution < -0.4 is 15.0 Å². The molecule has 0 aliphatic rings. The van der Waals surface area contributed by atoms with E-state index in [4.69, 9.17) is 33.3 Å². The van der Waals surface area contributed by atoms with Crippen LogP contribution in [0.3, 0.4) is 0 Å². The van der Waals surface area contributed by atoms with E-state index in [1.807, 2.05) is 6.92 Å². The summed E-state index contributed by atoms with van der Waals surface area (Å²) in [5, 5.41) is 12.0. The Morgan fingerprint density at radius 3 is 2.67 bits per heavy atom. The van der Waals surface area contributed by atoms with Gasteiger partial charge in [-0.25, -0.2) is 4.98 Å². The first-order valence-corrected chi connectivity index (χ1v) is 8.66. The normalized spacial score (nSPS) is 10.4. The number of nitrogens with one attached hydrogen (secondary N) is 2. The smallest absolute Gasteiger partial charge is 0.235 e. The predicted molar refractivity (Wildman–Crippen MR) is 107 cm³/mol. The number of hydrogen-bond acceptors (Lipinski definition) is 5. The Hall–Kier alpha value is -2.90. The van der Waals surface area contributed by atoms with E-state index in [9.17, 15) is 0 Å². The van der Waals surface area contributed by atoms with Crippen LogP contribution >= 0.6 is 23.2 Å². The molecular formula is C18H16Cl2N6O. The number of guanidine groups is 1. The molecule has 9 heteroatoms. The molecule has 138 valence electrons. The second kappa shape index (κ2) is 8.20. The SMILES string of the molecule is Cc1cc(Oc2cccnc2)nc(N(C)C(=N)Nc2ccc(Cl)c(Cl)c2)n1. The Balaban J connectivity index is 1.78. The standard InChI is InChI=1S/C18H16Cl2N6O/c1-11-8-16(27-13-4-3-7-22-10-13)25-18(23-11)26(2)17(21)24-12-5-6-14(19)15(20)9-12/h3-10H,1-2H3,(H2,21,24).